The second kappa shape index (κ2) is 6.14. The van der Waals surface area contributed by atoms with Crippen LogP contribution in [0, 0.1) is 5.82 Å². The number of hydrogen-bond donors (Lipinski definition) is 1. The molecule has 0 saturated carbocycles. The van der Waals surface area contributed by atoms with Gasteiger partial charge in [-0.1, -0.05) is 35.9 Å². The SMILES string of the molecule is OC(CC1OCCc2ccccc21)c1cc(Cl)ccc1F. The molecule has 1 aliphatic rings. The highest BCUT2D eigenvalue weighted by Gasteiger charge is 2.25. The zero-order valence-electron chi connectivity index (χ0n) is 11.4. The minimum atomic E-state index is -0.945. The highest BCUT2D eigenvalue weighted by Crippen LogP contribution is 2.35. The molecule has 0 bridgehead atoms. The van der Waals surface area contributed by atoms with Crippen molar-refractivity contribution in [3.8, 4) is 0 Å². The monoisotopic (exact) mass is 306 g/mol. The molecular weight excluding hydrogens is 291 g/mol. The zero-order valence-corrected chi connectivity index (χ0v) is 12.2. The quantitative estimate of drug-likeness (QED) is 0.920. The van der Waals surface area contributed by atoms with Crippen molar-refractivity contribution in [2.45, 2.75) is 25.0 Å². The second-order valence-corrected chi connectivity index (χ2v) is 5.66. The fourth-order valence-corrected chi connectivity index (χ4v) is 2.95. The lowest BCUT2D eigenvalue weighted by Gasteiger charge is -2.28. The van der Waals surface area contributed by atoms with Crippen LogP contribution in [-0.2, 0) is 11.2 Å². The molecule has 2 unspecified atom stereocenters. The smallest absolute Gasteiger partial charge is 0.129 e. The zero-order chi connectivity index (χ0) is 14.8. The van der Waals surface area contributed by atoms with E-state index in [1.54, 1.807) is 0 Å². The summed E-state index contributed by atoms with van der Waals surface area (Å²) in [5, 5.41) is 10.7. The largest absolute Gasteiger partial charge is 0.388 e. The Balaban J connectivity index is 1.82. The van der Waals surface area contributed by atoms with E-state index in [1.807, 2.05) is 18.2 Å². The molecule has 0 radical (unpaired) electrons. The molecule has 4 heteroatoms. The molecule has 0 amide bonds. The summed E-state index contributed by atoms with van der Waals surface area (Å²) in [5.74, 6) is -0.448. The van der Waals surface area contributed by atoms with Gasteiger partial charge in [0.1, 0.15) is 5.82 Å². The molecule has 0 saturated heterocycles. The van der Waals surface area contributed by atoms with Gasteiger partial charge in [0.25, 0.3) is 0 Å². The van der Waals surface area contributed by atoms with Crippen LogP contribution in [0.15, 0.2) is 42.5 Å². The van der Waals surface area contributed by atoms with Crippen LogP contribution in [0.5, 0.6) is 0 Å². The van der Waals surface area contributed by atoms with Crippen LogP contribution in [0.3, 0.4) is 0 Å². The number of halogens is 2. The predicted octanol–water partition coefficient (Wildman–Crippen LogP) is 4.22. The molecule has 1 aliphatic heterocycles. The molecule has 0 aliphatic carbocycles. The summed E-state index contributed by atoms with van der Waals surface area (Å²) in [6.45, 7) is 0.617. The van der Waals surface area contributed by atoms with Crippen molar-refractivity contribution < 1.29 is 14.2 Å². The van der Waals surface area contributed by atoms with Crippen LogP contribution in [0.25, 0.3) is 0 Å². The van der Waals surface area contributed by atoms with Crippen LogP contribution in [-0.4, -0.2) is 11.7 Å². The molecule has 21 heavy (non-hydrogen) atoms. The Morgan fingerprint density at radius 2 is 2.10 bits per heavy atom. The van der Waals surface area contributed by atoms with E-state index in [1.165, 1.54) is 23.8 Å². The van der Waals surface area contributed by atoms with Gasteiger partial charge in [-0.3, -0.25) is 0 Å². The van der Waals surface area contributed by atoms with Gasteiger partial charge in [-0.05, 0) is 35.7 Å². The van der Waals surface area contributed by atoms with E-state index in [2.05, 4.69) is 6.07 Å². The van der Waals surface area contributed by atoms with Crippen molar-refractivity contribution in [2.24, 2.45) is 0 Å². The number of fused-ring (bicyclic) bond motifs is 1. The van der Waals surface area contributed by atoms with Crippen molar-refractivity contribution in [1.82, 2.24) is 0 Å². The third-order valence-electron chi connectivity index (χ3n) is 3.85. The van der Waals surface area contributed by atoms with E-state index in [0.29, 0.717) is 18.1 Å². The summed E-state index contributed by atoms with van der Waals surface area (Å²) >= 11 is 5.88. The average Bonchev–Trinajstić information content (AvgIpc) is 2.50. The van der Waals surface area contributed by atoms with Crippen molar-refractivity contribution in [3.63, 3.8) is 0 Å². The van der Waals surface area contributed by atoms with Crippen LogP contribution < -0.4 is 0 Å². The number of aliphatic hydroxyl groups excluding tert-OH is 1. The van der Waals surface area contributed by atoms with Gasteiger partial charge in [0.05, 0.1) is 18.8 Å². The lowest BCUT2D eigenvalue weighted by atomic mass is 9.92. The molecule has 1 N–H and O–H groups in total. The lowest BCUT2D eigenvalue weighted by molar-refractivity contribution is 0.00304. The van der Waals surface area contributed by atoms with E-state index in [9.17, 15) is 9.50 Å². The predicted molar refractivity (Wildman–Crippen MR) is 79.8 cm³/mol. The molecule has 0 fully saturated rings. The van der Waals surface area contributed by atoms with Crippen molar-refractivity contribution >= 4 is 11.6 Å². The molecule has 0 spiro atoms. The Morgan fingerprint density at radius 3 is 2.95 bits per heavy atom. The molecule has 2 aromatic carbocycles. The van der Waals surface area contributed by atoms with E-state index in [-0.39, 0.29) is 11.7 Å². The van der Waals surface area contributed by atoms with Crippen molar-refractivity contribution in [2.75, 3.05) is 6.61 Å². The molecule has 2 aromatic rings. The molecular formula is C17H16ClFO2. The van der Waals surface area contributed by atoms with Crippen LogP contribution >= 0.6 is 11.6 Å². The normalized spacial score (nSPS) is 19.1. The van der Waals surface area contributed by atoms with Gasteiger partial charge >= 0.3 is 0 Å². The van der Waals surface area contributed by atoms with Crippen LogP contribution in [0.2, 0.25) is 5.02 Å². The summed E-state index contributed by atoms with van der Waals surface area (Å²) < 4.78 is 19.6. The second-order valence-electron chi connectivity index (χ2n) is 5.23. The molecule has 2 nitrogen and oxygen atoms in total. The van der Waals surface area contributed by atoms with Crippen LogP contribution in [0.1, 0.15) is 35.3 Å². The summed E-state index contributed by atoms with van der Waals surface area (Å²) in [7, 11) is 0. The number of ether oxygens (including phenoxy) is 1. The highest BCUT2D eigenvalue weighted by atomic mass is 35.5. The summed E-state index contributed by atoms with van der Waals surface area (Å²) in [6.07, 6.45) is 0.0194. The third kappa shape index (κ3) is 3.10. The maximum atomic E-state index is 13.8. The molecule has 3 rings (SSSR count). The minimum absolute atomic E-state index is 0.217. The van der Waals surface area contributed by atoms with E-state index in [0.717, 1.165) is 12.0 Å². The van der Waals surface area contributed by atoms with E-state index in [4.69, 9.17) is 16.3 Å². The molecule has 1 heterocycles. The first-order chi connectivity index (χ1) is 10.1. The Labute approximate surface area is 128 Å². The number of rotatable bonds is 3. The first-order valence-corrected chi connectivity index (χ1v) is 7.35. The van der Waals surface area contributed by atoms with Gasteiger partial charge in [0.15, 0.2) is 0 Å². The van der Waals surface area contributed by atoms with Gasteiger partial charge in [-0.2, -0.15) is 0 Å². The molecule has 0 aromatic heterocycles. The first kappa shape index (κ1) is 14.5. The molecule has 110 valence electrons. The van der Waals surface area contributed by atoms with Gasteiger partial charge in [-0.25, -0.2) is 4.39 Å². The topological polar surface area (TPSA) is 29.5 Å². The minimum Gasteiger partial charge on any atom is -0.388 e. The van der Waals surface area contributed by atoms with Crippen molar-refractivity contribution in [3.05, 3.63) is 70.0 Å². The highest BCUT2D eigenvalue weighted by molar-refractivity contribution is 6.30. The van der Waals surface area contributed by atoms with Gasteiger partial charge in [0, 0.05) is 17.0 Å². The lowest BCUT2D eigenvalue weighted by Crippen LogP contribution is -2.18. The maximum Gasteiger partial charge on any atom is 0.129 e. The van der Waals surface area contributed by atoms with Gasteiger partial charge in [0.2, 0.25) is 0 Å². The number of hydrogen-bond acceptors (Lipinski definition) is 2. The van der Waals surface area contributed by atoms with Gasteiger partial charge in [-0.15, -0.1) is 0 Å². The third-order valence-corrected chi connectivity index (χ3v) is 4.08. The van der Waals surface area contributed by atoms with Crippen molar-refractivity contribution in [1.29, 1.82) is 0 Å². The Morgan fingerprint density at radius 1 is 1.29 bits per heavy atom. The Hall–Kier alpha value is -1.42. The average molecular weight is 307 g/mol. The standard InChI is InChI=1S/C17H16ClFO2/c18-12-5-6-15(19)14(9-12)16(20)10-17-13-4-2-1-3-11(13)7-8-21-17/h1-6,9,16-17,20H,7-8,10H2. The summed E-state index contributed by atoms with van der Waals surface area (Å²) in [4.78, 5) is 0. The summed E-state index contributed by atoms with van der Waals surface area (Å²) in [6, 6.07) is 12.2. The first-order valence-electron chi connectivity index (χ1n) is 6.97. The fraction of sp³-hybridized carbons (Fsp3) is 0.294. The Bertz CT molecular complexity index is 644. The van der Waals surface area contributed by atoms with Crippen LogP contribution in [0.4, 0.5) is 4.39 Å². The van der Waals surface area contributed by atoms with Gasteiger partial charge < -0.3 is 9.84 Å². The number of aliphatic hydroxyl groups is 1. The van der Waals surface area contributed by atoms with E-state index < -0.39 is 11.9 Å². The maximum absolute atomic E-state index is 13.8. The summed E-state index contributed by atoms with van der Waals surface area (Å²) in [5.41, 5.74) is 2.52. The van der Waals surface area contributed by atoms with E-state index >= 15 is 0 Å². The fourth-order valence-electron chi connectivity index (χ4n) is 2.77. The molecule has 2 atom stereocenters. The number of benzene rings is 2. The Kier molecular flexibility index (Phi) is 4.24.